The molecule has 0 aliphatic heterocycles. The highest BCUT2D eigenvalue weighted by molar-refractivity contribution is 7.93. The second kappa shape index (κ2) is 5.17. The third-order valence-corrected chi connectivity index (χ3v) is 4.67. The smallest absolute Gasteiger partial charge is 0.268 e. The first-order valence-corrected chi connectivity index (χ1v) is 7.71. The van der Waals surface area contributed by atoms with Crippen LogP contribution in [-0.2, 0) is 10.0 Å². The van der Waals surface area contributed by atoms with E-state index >= 15 is 0 Å². The molecule has 6 nitrogen and oxygen atoms in total. The monoisotopic (exact) mass is 315 g/mol. The van der Waals surface area contributed by atoms with E-state index in [0.717, 1.165) is 17.4 Å². The molecule has 3 N–H and O–H groups in total. The van der Waals surface area contributed by atoms with Crippen LogP contribution in [-0.4, -0.2) is 19.2 Å². The number of halogens is 1. The lowest BCUT2D eigenvalue weighted by molar-refractivity contribution is 0.101. The molecule has 106 valence electrons. The van der Waals surface area contributed by atoms with Gasteiger partial charge in [0.1, 0.15) is 16.4 Å². The van der Waals surface area contributed by atoms with E-state index in [9.17, 15) is 17.6 Å². The Kier molecular flexibility index (Phi) is 3.73. The molecule has 0 saturated carbocycles. The number of thiazole rings is 1. The highest BCUT2D eigenvalue weighted by atomic mass is 32.2. The predicted octanol–water partition coefficient (Wildman–Crippen LogP) is 1.87. The van der Waals surface area contributed by atoms with E-state index in [2.05, 4.69) is 9.71 Å². The first kappa shape index (κ1) is 14.4. The maximum Gasteiger partial charge on any atom is 0.268 e. The number of rotatable bonds is 4. The van der Waals surface area contributed by atoms with Crippen molar-refractivity contribution in [2.75, 3.05) is 10.5 Å². The van der Waals surface area contributed by atoms with Gasteiger partial charge in [-0.15, -0.1) is 11.3 Å². The predicted molar refractivity (Wildman–Crippen MR) is 73.7 cm³/mol. The number of carbonyl (C=O) groups excluding carboxylic acids is 1. The first-order chi connectivity index (χ1) is 9.31. The number of nitrogens with one attached hydrogen (secondary N) is 1. The molecule has 1 heterocycles. The van der Waals surface area contributed by atoms with Crippen LogP contribution in [0.2, 0.25) is 0 Å². The Labute approximate surface area is 118 Å². The summed E-state index contributed by atoms with van der Waals surface area (Å²) >= 11 is 0.926. The van der Waals surface area contributed by atoms with Gasteiger partial charge in [-0.25, -0.2) is 17.8 Å². The van der Waals surface area contributed by atoms with Gasteiger partial charge in [-0.2, -0.15) is 0 Å². The van der Waals surface area contributed by atoms with Crippen LogP contribution in [0.5, 0.6) is 0 Å². The summed E-state index contributed by atoms with van der Waals surface area (Å²) in [5.41, 5.74) is 5.41. The number of hydrogen-bond acceptors (Lipinski definition) is 6. The number of sulfonamides is 1. The molecule has 0 amide bonds. The van der Waals surface area contributed by atoms with Crippen molar-refractivity contribution >= 4 is 38.0 Å². The highest BCUT2D eigenvalue weighted by Gasteiger charge is 2.23. The molecular weight excluding hydrogens is 305 g/mol. The summed E-state index contributed by atoms with van der Waals surface area (Å²) in [4.78, 5) is 14.2. The molecule has 0 saturated heterocycles. The number of ketones is 1. The van der Waals surface area contributed by atoms with Gasteiger partial charge in [-0.05, 0) is 12.1 Å². The summed E-state index contributed by atoms with van der Waals surface area (Å²) in [6, 6.07) is 3.58. The van der Waals surface area contributed by atoms with E-state index < -0.39 is 20.7 Å². The molecular formula is C11H10FN3O3S2. The van der Waals surface area contributed by atoms with E-state index in [1.165, 1.54) is 24.4 Å². The molecule has 9 heteroatoms. The lowest BCUT2D eigenvalue weighted by atomic mass is 10.3. The van der Waals surface area contributed by atoms with E-state index in [1.807, 2.05) is 0 Å². The Morgan fingerprint density at radius 2 is 2.15 bits per heavy atom. The number of nitrogen functional groups attached to an aromatic ring is 1. The number of benzene rings is 1. The van der Waals surface area contributed by atoms with Crippen LogP contribution in [0.25, 0.3) is 0 Å². The van der Waals surface area contributed by atoms with Gasteiger partial charge in [-0.1, -0.05) is 6.07 Å². The largest absolute Gasteiger partial charge is 0.398 e. The van der Waals surface area contributed by atoms with E-state index in [4.69, 9.17) is 5.73 Å². The van der Waals surface area contributed by atoms with Crippen molar-refractivity contribution in [3.63, 3.8) is 0 Å². The standard InChI is InChI=1S/C11H10FN3O3S2/c1-6(16)9-5-19-11(14-9)15-20(17,18)10-7(12)3-2-4-8(10)13/h2-5H,13H2,1H3,(H,14,15). The van der Waals surface area contributed by atoms with Gasteiger partial charge in [0.25, 0.3) is 10.0 Å². The summed E-state index contributed by atoms with van der Waals surface area (Å²) in [6.45, 7) is 1.31. The van der Waals surface area contributed by atoms with Gasteiger partial charge in [0.05, 0.1) is 5.69 Å². The van der Waals surface area contributed by atoms with Crippen molar-refractivity contribution in [1.29, 1.82) is 0 Å². The van der Waals surface area contributed by atoms with Crippen LogP contribution in [0, 0.1) is 5.82 Å². The number of aromatic nitrogens is 1. The van der Waals surface area contributed by atoms with Gasteiger partial charge in [0.2, 0.25) is 0 Å². The molecule has 0 fully saturated rings. The lowest BCUT2D eigenvalue weighted by Gasteiger charge is -2.08. The molecule has 0 bridgehead atoms. The number of carbonyl (C=O) groups is 1. The summed E-state index contributed by atoms with van der Waals surface area (Å²) in [7, 11) is -4.20. The van der Waals surface area contributed by atoms with Crippen LogP contribution in [0.1, 0.15) is 17.4 Å². The van der Waals surface area contributed by atoms with Crippen molar-refractivity contribution in [3.8, 4) is 0 Å². The molecule has 1 aromatic carbocycles. The molecule has 20 heavy (non-hydrogen) atoms. The first-order valence-electron chi connectivity index (χ1n) is 5.34. The molecule has 0 spiro atoms. The minimum atomic E-state index is -4.20. The number of nitrogens with zero attached hydrogens (tertiary/aromatic N) is 1. The van der Waals surface area contributed by atoms with Crippen molar-refractivity contribution in [2.45, 2.75) is 11.8 Å². The van der Waals surface area contributed by atoms with Gasteiger partial charge in [0.15, 0.2) is 10.9 Å². The zero-order valence-electron chi connectivity index (χ0n) is 10.3. The normalized spacial score (nSPS) is 11.3. The SMILES string of the molecule is CC(=O)c1csc(NS(=O)(=O)c2c(N)cccc2F)n1. The zero-order valence-corrected chi connectivity index (χ0v) is 11.9. The number of nitrogens with two attached hydrogens (primary N) is 1. The average molecular weight is 315 g/mol. The van der Waals surface area contributed by atoms with Crippen LogP contribution in [0.4, 0.5) is 15.2 Å². The maximum atomic E-state index is 13.6. The molecule has 0 unspecified atom stereocenters. The minimum Gasteiger partial charge on any atom is -0.398 e. The zero-order chi connectivity index (χ0) is 14.9. The van der Waals surface area contributed by atoms with Gasteiger partial charge in [0, 0.05) is 12.3 Å². The number of anilines is 2. The highest BCUT2D eigenvalue weighted by Crippen LogP contribution is 2.25. The Balaban J connectivity index is 2.38. The van der Waals surface area contributed by atoms with E-state index in [-0.39, 0.29) is 22.3 Å². The number of Topliss-reactive ketones (excluding diaryl/α,β-unsaturated/α-hetero) is 1. The van der Waals surface area contributed by atoms with Crippen LogP contribution < -0.4 is 10.5 Å². The Hall–Kier alpha value is -2.00. The third kappa shape index (κ3) is 2.78. The lowest BCUT2D eigenvalue weighted by Crippen LogP contribution is -2.16. The molecule has 0 aliphatic carbocycles. The summed E-state index contributed by atoms with van der Waals surface area (Å²) in [5, 5.41) is 1.38. The topological polar surface area (TPSA) is 102 Å². The molecule has 1 aromatic heterocycles. The number of hydrogen-bond donors (Lipinski definition) is 2. The van der Waals surface area contributed by atoms with Crippen LogP contribution >= 0.6 is 11.3 Å². The quantitative estimate of drug-likeness (QED) is 0.662. The summed E-state index contributed by atoms with van der Waals surface area (Å²) in [6.07, 6.45) is 0. The van der Waals surface area contributed by atoms with E-state index in [0.29, 0.717) is 0 Å². The van der Waals surface area contributed by atoms with Crippen LogP contribution in [0.3, 0.4) is 0 Å². The van der Waals surface area contributed by atoms with Crippen molar-refractivity contribution in [3.05, 3.63) is 35.1 Å². The second-order valence-electron chi connectivity index (χ2n) is 3.86. The summed E-state index contributed by atoms with van der Waals surface area (Å²) in [5.74, 6) is -1.25. The van der Waals surface area contributed by atoms with Crippen molar-refractivity contribution in [1.82, 2.24) is 4.98 Å². The third-order valence-electron chi connectivity index (χ3n) is 2.35. The maximum absolute atomic E-state index is 13.6. The molecule has 2 rings (SSSR count). The summed E-state index contributed by atoms with van der Waals surface area (Å²) < 4.78 is 39.9. The average Bonchev–Trinajstić information content (AvgIpc) is 2.76. The fraction of sp³-hybridized carbons (Fsp3) is 0.0909. The van der Waals surface area contributed by atoms with Crippen LogP contribution in [0.15, 0.2) is 28.5 Å². The molecule has 0 radical (unpaired) electrons. The van der Waals surface area contributed by atoms with Crippen molar-refractivity contribution < 1.29 is 17.6 Å². The Morgan fingerprint density at radius 3 is 2.70 bits per heavy atom. The van der Waals surface area contributed by atoms with Crippen molar-refractivity contribution in [2.24, 2.45) is 0 Å². The van der Waals surface area contributed by atoms with Gasteiger partial charge < -0.3 is 5.73 Å². The Bertz CT molecular complexity index is 751. The molecule has 2 aromatic rings. The fourth-order valence-corrected chi connectivity index (χ4v) is 3.65. The fourth-order valence-electron chi connectivity index (χ4n) is 1.46. The van der Waals surface area contributed by atoms with E-state index in [1.54, 1.807) is 0 Å². The molecule has 0 aliphatic rings. The van der Waals surface area contributed by atoms with Gasteiger partial charge in [-0.3, -0.25) is 9.52 Å². The second-order valence-corrected chi connectivity index (χ2v) is 6.34. The van der Waals surface area contributed by atoms with Gasteiger partial charge >= 0.3 is 0 Å². The minimum absolute atomic E-state index is 0.0298. The Morgan fingerprint density at radius 1 is 1.45 bits per heavy atom. The molecule has 0 atom stereocenters.